The molecule has 2 unspecified atom stereocenters. The van der Waals surface area contributed by atoms with Crippen LogP contribution in [0.25, 0.3) is 0 Å². The fourth-order valence-corrected chi connectivity index (χ4v) is 2.70. The molecule has 1 aromatic rings. The maximum Gasteiger partial charge on any atom is 0.0294 e. The molecule has 17 heavy (non-hydrogen) atoms. The molecule has 2 atom stereocenters. The molecule has 0 aliphatic heterocycles. The molecular formula is C16H25N. The minimum absolute atomic E-state index is 0.461. The first-order chi connectivity index (χ1) is 8.04. The van der Waals surface area contributed by atoms with E-state index in [4.69, 9.17) is 0 Å². The van der Waals surface area contributed by atoms with Crippen molar-refractivity contribution in [3.05, 3.63) is 34.9 Å². The van der Waals surface area contributed by atoms with Crippen LogP contribution in [0.3, 0.4) is 0 Å². The largest absolute Gasteiger partial charge is 0.308 e. The lowest BCUT2D eigenvalue weighted by Crippen LogP contribution is -2.29. The quantitative estimate of drug-likeness (QED) is 0.803. The second kappa shape index (κ2) is 5.22. The Balaban J connectivity index is 1.95. The number of nitrogens with one attached hydrogen (secondary N) is 1. The summed E-state index contributed by atoms with van der Waals surface area (Å²) in [4.78, 5) is 0. The number of aryl methyl sites for hydroxylation is 2. The molecule has 1 aliphatic carbocycles. The van der Waals surface area contributed by atoms with Crippen LogP contribution in [0.1, 0.15) is 55.8 Å². The van der Waals surface area contributed by atoms with Crippen LogP contribution in [-0.2, 0) is 0 Å². The molecule has 1 heteroatoms. The highest BCUT2D eigenvalue weighted by Gasteiger charge is 2.24. The summed E-state index contributed by atoms with van der Waals surface area (Å²) in [7, 11) is 0. The number of rotatable bonds is 5. The number of hydrogen-bond donors (Lipinski definition) is 1. The van der Waals surface area contributed by atoms with Crippen molar-refractivity contribution < 1.29 is 0 Å². The van der Waals surface area contributed by atoms with Crippen LogP contribution >= 0.6 is 0 Å². The van der Waals surface area contributed by atoms with Gasteiger partial charge in [-0.2, -0.15) is 0 Å². The number of hydrogen-bond acceptors (Lipinski definition) is 1. The van der Waals surface area contributed by atoms with Gasteiger partial charge in [-0.05, 0) is 45.6 Å². The summed E-state index contributed by atoms with van der Waals surface area (Å²) >= 11 is 0. The van der Waals surface area contributed by atoms with E-state index in [9.17, 15) is 0 Å². The standard InChI is InChI=1S/C16H25N/c1-11-7-12(2)9-16(8-11)14(4)17-13(3)10-15-5-6-15/h7-9,13-15,17H,5-6,10H2,1-4H3. The fraction of sp³-hybridized carbons (Fsp3) is 0.625. The zero-order valence-electron chi connectivity index (χ0n) is 11.6. The van der Waals surface area contributed by atoms with E-state index in [0.29, 0.717) is 12.1 Å². The van der Waals surface area contributed by atoms with Gasteiger partial charge in [-0.15, -0.1) is 0 Å². The maximum absolute atomic E-state index is 3.72. The molecule has 0 amide bonds. The normalized spacial score (nSPS) is 19.1. The second-order valence-corrected chi connectivity index (χ2v) is 5.89. The SMILES string of the molecule is Cc1cc(C)cc(C(C)NC(C)CC2CC2)c1. The van der Waals surface area contributed by atoms with Crippen LogP contribution in [-0.4, -0.2) is 6.04 Å². The molecule has 1 saturated carbocycles. The summed E-state index contributed by atoms with van der Waals surface area (Å²) < 4.78 is 0. The minimum Gasteiger partial charge on any atom is -0.308 e. The third kappa shape index (κ3) is 3.85. The summed E-state index contributed by atoms with van der Waals surface area (Å²) in [6.07, 6.45) is 4.24. The summed E-state index contributed by atoms with van der Waals surface area (Å²) in [5.74, 6) is 1.00. The Kier molecular flexibility index (Phi) is 3.88. The van der Waals surface area contributed by atoms with Crippen LogP contribution in [0.2, 0.25) is 0 Å². The van der Waals surface area contributed by atoms with Crippen molar-refractivity contribution in [2.75, 3.05) is 0 Å². The molecular weight excluding hydrogens is 206 g/mol. The van der Waals surface area contributed by atoms with Crippen LogP contribution < -0.4 is 5.32 Å². The van der Waals surface area contributed by atoms with E-state index in [0.717, 1.165) is 5.92 Å². The predicted octanol–water partition coefficient (Wildman–Crippen LogP) is 4.14. The highest BCUT2D eigenvalue weighted by atomic mass is 14.9. The molecule has 1 aliphatic rings. The van der Waals surface area contributed by atoms with Crippen molar-refractivity contribution >= 4 is 0 Å². The fourth-order valence-electron chi connectivity index (χ4n) is 2.70. The van der Waals surface area contributed by atoms with E-state index < -0.39 is 0 Å². The zero-order chi connectivity index (χ0) is 12.4. The summed E-state index contributed by atoms with van der Waals surface area (Å²) in [5, 5.41) is 3.72. The van der Waals surface area contributed by atoms with E-state index in [1.165, 1.54) is 36.0 Å². The van der Waals surface area contributed by atoms with Gasteiger partial charge in [0.15, 0.2) is 0 Å². The van der Waals surface area contributed by atoms with E-state index in [1.54, 1.807) is 0 Å². The maximum atomic E-state index is 3.72. The third-order valence-electron chi connectivity index (χ3n) is 3.66. The van der Waals surface area contributed by atoms with Gasteiger partial charge in [0.25, 0.3) is 0 Å². The molecule has 94 valence electrons. The average Bonchev–Trinajstić information content (AvgIpc) is 2.99. The van der Waals surface area contributed by atoms with Crippen LogP contribution in [0.5, 0.6) is 0 Å². The highest BCUT2D eigenvalue weighted by molar-refractivity contribution is 5.30. The first-order valence-corrected chi connectivity index (χ1v) is 6.89. The first kappa shape index (κ1) is 12.6. The Morgan fingerprint density at radius 2 is 1.71 bits per heavy atom. The summed E-state index contributed by atoms with van der Waals surface area (Å²) in [6, 6.07) is 7.94. The molecule has 0 saturated heterocycles. The Labute approximate surface area is 106 Å². The van der Waals surface area contributed by atoms with Gasteiger partial charge in [0, 0.05) is 12.1 Å². The minimum atomic E-state index is 0.461. The number of benzene rings is 1. The smallest absolute Gasteiger partial charge is 0.0294 e. The monoisotopic (exact) mass is 231 g/mol. The van der Waals surface area contributed by atoms with Gasteiger partial charge in [-0.1, -0.05) is 42.2 Å². The van der Waals surface area contributed by atoms with E-state index in [1.807, 2.05) is 0 Å². The van der Waals surface area contributed by atoms with Gasteiger partial charge >= 0.3 is 0 Å². The molecule has 1 fully saturated rings. The van der Waals surface area contributed by atoms with Gasteiger partial charge in [-0.25, -0.2) is 0 Å². The molecule has 1 N–H and O–H groups in total. The van der Waals surface area contributed by atoms with Crippen molar-refractivity contribution in [3.63, 3.8) is 0 Å². The first-order valence-electron chi connectivity index (χ1n) is 6.89. The average molecular weight is 231 g/mol. The van der Waals surface area contributed by atoms with Crippen LogP contribution in [0, 0.1) is 19.8 Å². The van der Waals surface area contributed by atoms with Crippen molar-refractivity contribution in [1.29, 1.82) is 0 Å². The molecule has 0 heterocycles. The van der Waals surface area contributed by atoms with Crippen LogP contribution in [0.4, 0.5) is 0 Å². The summed E-state index contributed by atoms with van der Waals surface area (Å²) in [5.41, 5.74) is 4.15. The van der Waals surface area contributed by atoms with Gasteiger partial charge in [-0.3, -0.25) is 0 Å². The zero-order valence-corrected chi connectivity index (χ0v) is 11.6. The topological polar surface area (TPSA) is 12.0 Å². The van der Waals surface area contributed by atoms with E-state index in [2.05, 4.69) is 51.2 Å². The molecule has 0 bridgehead atoms. The Morgan fingerprint density at radius 1 is 1.12 bits per heavy atom. The second-order valence-electron chi connectivity index (χ2n) is 5.89. The predicted molar refractivity (Wildman–Crippen MR) is 74.3 cm³/mol. The van der Waals surface area contributed by atoms with Gasteiger partial charge < -0.3 is 5.32 Å². The lowest BCUT2D eigenvalue weighted by molar-refractivity contribution is 0.438. The van der Waals surface area contributed by atoms with Crippen molar-refractivity contribution in [2.24, 2.45) is 5.92 Å². The van der Waals surface area contributed by atoms with Crippen molar-refractivity contribution in [1.82, 2.24) is 5.32 Å². The third-order valence-corrected chi connectivity index (χ3v) is 3.66. The Morgan fingerprint density at radius 3 is 2.24 bits per heavy atom. The Bertz CT molecular complexity index is 359. The lowest BCUT2D eigenvalue weighted by Gasteiger charge is -2.21. The molecule has 1 nitrogen and oxygen atoms in total. The summed E-state index contributed by atoms with van der Waals surface area (Å²) in [6.45, 7) is 8.95. The van der Waals surface area contributed by atoms with Crippen molar-refractivity contribution in [2.45, 2.75) is 59.0 Å². The van der Waals surface area contributed by atoms with Gasteiger partial charge in [0.05, 0.1) is 0 Å². The van der Waals surface area contributed by atoms with E-state index in [-0.39, 0.29) is 0 Å². The molecule has 0 aromatic heterocycles. The van der Waals surface area contributed by atoms with Gasteiger partial charge in [0.2, 0.25) is 0 Å². The highest BCUT2D eigenvalue weighted by Crippen LogP contribution is 2.33. The van der Waals surface area contributed by atoms with Gasteiger partial charge in [0.1, 0.15) is 0 Å². The lowest BCUT2D eigenvalue weighted by atomic mass is 10.0. The molecule has 1 aromatic carbocycles. The van der Waals surface area contributed by atoms with E-state index >= 15 is 0 Å². The van der Waals surface area contributed by atoms with Crippen molar-refractivity contribution in [3.8, 4) is 0 Å². The molecule has 0 radical (unpaired) electrons. The molecule has 2 rings (SSSR count). The Hall–Kier alpha value is -0.820. The molecule has 0 spiro atoms. The van der Waals surface area contributed by atoms with Crippen LogP contribution in [0.15, 0.2) is 18.2 Å².